The molecular formula is C15H23NO2. The minimum Gasteiger partial charge on any atom is -0.468 e. The van der Waals surface area contributed by atoms with Gasteiger partial charge in [0.2, 0.25) is 0 Å². The Kier molecular flexibility index (Phi) is 5.35. The van der Waals surface area contributed by atoms with Crippen molar-refractivity contribution in [3.63, 3.8) is 0 Å². The number of methoxy groups -OCH3 is 1. The molecule has 0 spiro atoms. The molecule has 0 aliphatic carbocycles. The molecule has 3 nitrogen and oxygen atoms in total. The second-order valence-electron chi connectivity index (χ2n) is 5.14. The van der Waals surface area contributed by atoms with Gasteiger partial charge in [-0.1, -0.05) is 37.3 Å². The molecule has 0 aromatic heterocycles. The van der Waals surface area contributed by atoms with Crippen molar-refractivity contribution in [3.8, 4) is 0 Å². The number of carbonyl (C=O) groups is 1. The zero-order valence-electron chi connectivity index (χ0n) is 11.7. The first-order valence-corrected chi connectivity index (χ1v) is 6.36. The Bertz CT molecular complexity index is 373. The first-order valence-electron chi connectivity index (χ1n) is 6.36. The fourth-order valence-electron chi connectivity index (χ4n) is 1.88. The quantitative estimate of drug-likeness (QED) is 0.788. The minimum atomic E-state index is -0.620. The van der Waals surface area contributed by atoms with Gasteiger partial charge in [0.25, 0.3) is 0 Å². The third-order valence-electron chi connectivity index (χ3n) is 3.21. The Balaban J connectivity index is 2.40. The van der Waals surface area contributed by atoms with Gasteiger partial charge >= 0.3 is 5.97 Å². The average molecular weight is 249 g/mol. The predicted octanol–water partition coefficient (Wildman–Crippen LogP) is 2.72. The summed E-state index contributed by atoms with van der Waals surface area (Å²) in [5.41, 5.74) is 0.709. The van der Waals surface area contributed by atoms with Crippen LogP contribution in [-0.2, 0) is 9.53 Å². The Hall–Kier alpha value is -1.35. The molecule has 0 bridgehead atoms. The molecule has 0 heterocycles. The monoisotopic (exact) mass is 249 g/mol. The molecule has 0 saturated carbocycles. The summed E-state index contributed by atoms with van der Waals surface area (Å²) in [4.78, 5) is 11.5. The number of esters is 1. The average Bonchev–Trinajstić information content (AvgIpc) is 2.38. The van der Waals surface area contributed by atoms with Crippen molar-refractivity contribution in [1.82, 2.24) is 5.32 Å². The van der Waals surface area contributed by atoms with Crippen LogP contribution in [-0.4, -0.2) is 25.2 Å². The third-order valence-corrected chi connectivity index (χ3v) is 3.21. The van der Waals surface area contributed by atoms with Crippen molar-refractivity contribution < 1.29 is 9.53 Å². The van der Waals surface area contributed by atoms with Crippen molar-refractivity contribution in [2.45, 2.75) is 38.6 Å². The van der Waals surface area contributed by atoms with Crippen molar-refractivity contribution >= 4 is 5.97 Å². The molecule has 3 heteroatoms. The second kappa shape index (κ2) is 6.55. The predicted molar refractivity (Wildman–Crippen MR) is 73.6 cm³/mol. The second-order valence-corrected chi connectivity index (χ2v) is 5.14. The highest BCUT2D eigenvalue weighted by atomic mass is 16.5. The maximum atomic E-state index is 11.5. The summed E-state index contributed by atoms with van der Waals surface area (Å²) < 4.78 is 4.76. The lowest BCUT2D eigenvalue weighted by atomic mass is 9.97. The van der Waals surface area contributed by atoms with Gasteiger partial charge in [-0.25, -0.2) is 0 Å². The van der Waals surface area contributed by atoms with Crippen LogP contribution in [0.3, 0.4) is 0 Å². The fourth-order valence-corrected chi connectivity index (χ4v) is 1.88. The molecule has 1 rings (SSSR count). The molecule has 1 aromatic carbocycles. The van der Waals surface area contributed by atoms with Crippen LogP contribution in [0.1, 0.15) is 38.7 Å². The number of benzene rings is 1. The Morgan fingerprint density at radius 1 is 1.33 bits per heavy atom. The Labute approximate surface area is 110 Å². The molecule has 0 aliphatic heterocycles. The van der Waals surface area contributed by atoms with Gasteiger partial charge in [-0.3, -0.25) is 4.79 Å². The Morgan fingerprint density at radius 2 is 1.94 bits per heavy atom. The maximum Gasteiger partial charge on any atom is 0.325 e. The van der Waals surface area contributed by atoms with Crippen molar-refractivity contribution in [2.24, 2.45) is 0 Å². The van der Waals surface area contributed by atoms with Gasteiger partial charge in [0, 0.05) is 0 Å². The number of ether oxygens (including phenoxy) is 1. The van der Waals surface area contributed by atoms with Crippen LogP contribution in [0.5, 0.6) is 0 Å². The van der Waals surface area contributed by atoms with Crippen LogP contribution < -0.4 is 5.32 Å². The fraction of sp³-hybridized carbons (Fsp3) is 0.533. The molecule has 0 radical (unpaired) electrons. The zero-order valence-corrected chi connectivity index (χ0v) is 11.7. The van der Waals surface area contributed by atoms with E-state index in [-0.39, 0.29) is 5.97 Å². The van der Waals surface area contributed by atoms with E-state index in [1.807, 2.05) is 19.9 Å². The van der Waals surface area contributed by atoms with Crippen LogP contribution in [0, 0.1) is 0 Å². The molecule has 1 N–H and O–H groups in total. The first-order chi connectivity index (χ1) is 8.47. The van der Waals surface area contributed by atoms with E-state index in [2.05, 4.69) is 36.5 Å². The van der Waals surface area contributed by atoms with Gasteiger partial charge < -0.3 is 10.1 Å². The zero-order chi connectivity index (χ0) is 13.6. The van der Waals surface area contributed by atoms with Crippen LogP contribution in [0.25, 0.3) is 0 Å². The highest BCUT2D eigenvalue weighted by Gasteiger charge is 2.27. The van der Waals surface area contributed by atoms with E-state index < -0.39 is 5.54 Å². The summed E-state index contributed by atoms with van der Waals surface area (Å²) in [7, 11) is 1.42. The molecule has 0 aliphatic rings. The topological polar surface area (TPSA) is 38.3 Å². The lowest BCUT2D eigenvalue weighted by Gasteiger charge is -2.24. The largest absolute Gasteiger partial charge is 0.468 e. The molecule has 0 saturated heterocycles. The van der Waals surface area contributed by atoms with Crippen molar-refractivity contribution in [3.05, 3.63) is 35.9 Å². The van der Waals surface area contributed by atoms with E-state index in [1.165, 1.54) is 12.7 Å². The van der Waals surface area contributed by atoms with E-state index in [9.17, 15) is 4.79 Å². The third kappa shape index (κ3) is 4.15. The number of hydrogen-bond donors (Lipinski definition) is 1. The summed E-state index contributed by atoms with van der Waals surface area (Å²) in [6, 6.07) is 10.4. The van der Waals surface area contributed by atoms with Crippen molar-refractivity contribution in [2.75, 3.05) is 13.7 Å². The molecular weight excluding hydrogens is 226 g/mol. The maximum absolute atomic E-state index is 11.5. The van der Waals surface area contributed by atoms with Gasteiger partial charge in [0.15, 0.2) is 0 Å². The van der Waals surface area contributed by atoms with Crippen LogP contribution in [0.4, 0.5) is 0 Å². The summed E-state index contributed by atoms with van der Waals surface area (Å²) in [5.74, 6) is 0.252. The van der Waals surface area contributed by atoms with Crippen LogP contribution in [0.15, 0.2) is 30.3 Å². The van der Waals surface area contributed by atoms with E-state index in [1.54, 1.807) is 0 Å². The minimum absolute atomic E-state index is 0.227. The lowest BCUT2D eigenvalue weighted by Crippen LogP contribution is -2.47. The smallest absolute Gasteiger partial charge is 0.325 e. The molecule has 1 aromatic rings. The normalized spacial score (nSPS) is 13.1. The lowest BCUT2D eigenvalue weighted by molar-refractivity contribution is -0.147. The number of nitrogens with one attached hydrogen (secondary N) is 1. The number of carbonyl (C=O) groups excluding carboxylic acids is 1. The SMILES string of the molecule is COC(=O)C(C)(C)NCCC(C)c1ccccc1. The molecule has 18 heavy (non-hydrogen) atoms. The summed E-state index contributed by atoms with van der Waals surface area (Å²) in [6.45, 7) is 6.67. The Morgan fingerprint density at radius 3 is 2.50 bits per heavy atom. The van der Waals surface area contributed by atoms with E-state index in [0.717, 1.165) is 13.0 Å². The molecule has 0 fully saturated rings. The highest BCUT2D eigenvalue weighted by Crippen LogP contribution is 2.18. The summed E-state index contributed by atoms with van der Waals surface area (Å²) in [6.07, 6.45) is 0.991. The summed E-state index contributed by atoms with van der Waals surface area (Å²) in [5, 5.41) is 3.24. The summed E-state index contributed by atoms with van der Waals surface area (Å²) >= 11 is 0. The van der Waals surface area contributed by atoms with E-state index in [4.69, 9.17) is 4.74 Å². The van der Waals surface area contributed by atoms with Crippen molar-refractivity contribution in [1.29, 1.82) is 0 Å². The van der Waals surface area contributed by atoms with Crippen LogP contribution >= 0.6 is 0 Å². The molecule has 1 atom stereocenters. The van der Waals surface area contributed by atoms with Gasteiger partial charge in [0.05, 0.1) is 7.11 Å². The molecule has 1 unspecified atom stereocenters. The first kappa shape index (κ1) is 14.7. The van der Waals surface area contributed by atoms with E-state index >= 15 is 0 Å². The number of hydrogen-bond acceptors (Lipinski definition) is 3. The standard InChI is InChI=1S/C15H23NO2/c1-12(13-8-6-5-7-9-13)10-11-16-15(2,3)14(17)18-4/h5-9,12,16H,10-11H2,1-4H3. The number of rotatable bonds is 6. The van der Waals surface area contributed by atoms with Gasteiger partial charge in [-0.05, 0) is 38.3 Å². The molecule has 0 amide bonds. The van der Waals surface area contributed by atoms with Gasteiger partial charge in [0.1, 0.15) is 5.54 Å². The van der Waals surface area contributed by atoms with Gasteiger partial charge in [-0.2, -0.15) is 0 Å². The molecule has 100 valence electrons. The van der Waals surface area contributed by atoms with E-state index in [0.29, 0.717) is 5.92 Å². The van der Waals surface area contributed by atoms with Gasteiger partial charge in [-0.15, -0.1) is 0 Å². The highest BCUT2D eigenvalue weighted by molar-refractivity contribution is 5.79. The van der Waals surface area contributed by atoms with Crippen LogP contribution in [0.2, 0.25) is 0 Å².